The smallest absolute Gasteiger partial charge is 0.269 e. The van der Waals surface area contributed by atoms with E-state index >= 15 is 0 Å². The zero-order valence-electron chi connectivity index (χ0n) is 14.9. The molecule has 1 amide bonds. The van der Waals surface area contributed by atoms with E-state index in [0.29, 0.717) is 11.5 Å². The third kappa shape index (κ3) is 3.60. The van der Waals surface area contributed by atoms with Crippen LogP contribution in [-0.2, 0) is 4.79 Å². The number of fused-ring (bicyclic) bond motifs is 1. The third-order valence-electron chi connectivity index (χ3n) is 4.92. The Morgan fingerprint density at radius 3 is 2.50 bits per heavy atom. The number of para-hydroxylation sites is 2. The maximum Gasteiger partial charge on any atom is 0.269 e. The van der Waals surface area contributed by atoms with Crippen LogP contribution in [0.5, 0.6) is 11.5 Å². The highest BCUT2D eigenvalue weighted by molar-refractivity contribution is 5.94. The van der Waals surface area contributed by atoms with Crippen molar-refractivity contribution in [3.05, 3.63) is 48.5 Å². The predicted molar refractivity (Wildman–Crippen MR) is 100 cm³/mol. The first kappa shape index (κ1) is 16.7. The first-order valence-corrected chi connectivity index (χ1v) is 9.05. The summed E-state index contributed by atoms with van der Waals surface area (Å²) in [6.45, 7) is 4.64. The lowest BCUT2D eigenvalue weighted by Crippen LogP contribution is -3.12. The van der Waals surface area contributed by atoms with Crippen LogP contribution in [0.2, 0.25) is 0 Å². The van der Waals surface area contributed by atoms with Crippen molar-refractivity contribution in [2.75, 3.05) is 50.1 Å². The molecule has 26 heavy (non-hydrogen) atoms. The van der Waals surface area contributed by atoms with Crippen LogP contribution in [0.1, 0.15) is 0 Å². The van der Waals surface area contributed by atoms with Crippen molar-refractivity contribution < 1.29 is 19.2 Å². The molecule has 1 saturated heterocycles. The molecule has 2 N–H and O–H groups in total. The van der Waals surface area contributed by atoms with Gasteiger partial charge in [0, 0.05) is 11.4 Å². The van der Waals surface area contributed by atoms with Gasteiger partial charge in [-0.05, 0) is 36.4 Å². The van der Waals surface area contributed by atoms with Crippen LogP contribution in [0.4, 0.5) is 11.4 Å². The molecule has 0 bridgehead atoms. The number of rotatable bonds is 3. The average Bonchev–Trinajstić information content (AvgIpc) is 2.69. The van der Waals surface area contributed by atoms with Crippen LogP contribution in [-0.4, -0.2) is 51.8 Å². The van der Waals surface area contributed by atoms with E-state index < -0.39 is 6.10 Å². The maximum absolute atomic E-state index is 12.5. The summed E-state index contributed by atoms with van der Waals surface area (Å²) >= 11 is 0. The fourth-order valence-corrected chi connectivity index (χ4v) is 3.27. The number of nitrogens with zero attached hydrogens (tertiary/aromatic N) is 1. The molecule has 2 aromatic rings. The second-order valence-electron chi connectivity index (χ2n) is 6.84. The fourth-order valence-electron chi connectivity index (χ4n) is 3.27. The Kier molecular flexibility index (Phi) is 4.67. The molecule has 0 spiro atoms. The van der Waals surface area contributed by atoms with Crippen molar-refractivity contribution in [3.8, 4) is 11.5 Å². The first-order valence-electron chi connectivity index (χ1n) is 9.05. The second-order valence-corrected chi connectivity index (χ2v) is 6.84. The summed E-state index contributed by atoms with van der Waals surface area (Å²) in [6.07, 6.45) is -0.648. The Balaban J connectivity index is 1.36. The maximum atomic E-state index is 12.5. The Hall–Kier alpha value is -2.73. The lowest BCUT2D eigenvalue weighted by Gasteiger charge is -2.31. The summed E-state index contributed by atoms with van der Waals surface area (Å²) in [5, 5.41) is 2.91. The van der Waals surface area contributed by atoms with Gasteiger partial charge in [-0.25, -0.2) is 0 Å². The van der Waals surface area contributed by atoms with Crippen molar-refractivity contribution in [1.29, 1.82) is 0 Å². The summed E-state index contributed by atoms with van der Waals surface area (Å²) in [6, 6.07) is 15.4. The molecular formula is C20H24N3O3+. The lowest BCUT2D eigenvalue weighted by atomic mass is 10.2. The average molecular weight is 354 g/mol. The van der Waals surface area contributed by atoms with Gasteiger partial charge in [-0.15, -0.1) is 0 Å². The van der Waals surface area contributed by atoms with Crippen LogP contribution in [0.3, 0.4) is 0 Å². The molecule has 4 rings (SSSR count). The quantitative estimate of drug-likeness (QED) is 0.856. The van der Waals surface area contributed by atoms with Crippen LogP contribution in [0, 0.1) is 0 Å². The monoisotopic (exact) mass is 354 g/mol. The van der Waals surface area contributed by atoms with E-state index in [1.807, 2.05) is 30.3 Å². The van der Waals surface area contributed by atoms with Gasteiger partial charge in [-0.3, -0.25) is 4.79 Å². The number of benzene rings is 2. The molecule has 6 nitrogen and oxygen atoms in total. The molecule has 2 heterocycles. The molecule has 2 aliphatic rings. The topological polar surface area (TPSA) is 55.2 Å². The van der Waals surface area contributed by atoms with Crippen molar-refractivity contribution in [3.63, 3.8) is 0 Å². The number of piperazine rings is 1. The van der Waals surface area contributed by atoms with E-state index in [-0.39, 0.29) is 12.5 Å². The molecule has 6 heteroatoms. The van der Waals surface area contributed by atoms with Gasteiger partial charge in [0.25, 0.3) is 5.91 Å². The van der Waals surface area contributed by atoms with Gasteiger partial charge < -0.3 is 24.6 Å². The van der Waals surface area contributed by atoms with E-state index in [4.69, 9.17) is 9.47 Å². The fraction of sp³-hybridized carbons (Fsp3) is 0.350. The molecule has 1 fully saturated rings. The molecular weight excluding hydrogens is 330 g/mol. The molecule has 0 unspecified atom stereocenters. The molecule has 0 radical (unpaired) electrons. The highest BCUT2D eigenvalue weighted by Gasteiger charge is 2.27. The number of carbonyl (C=O) groups excluding carboxylic acids is 1. The van der Waals surface area contributed by atoms with E-state index in [1.165, 1.54) is 5.69 Å². The van der Waals surface area contributed by atoms with E-state index in [0.717, 1.165) is 31.9 Å². The molecule has 1 atom stereocenters. The Labute approximate surface area is 153 Å². The highest BCUT2D eigenvalue weighted by atomic mass is 16.6. The van der Waals surface area contributed by atoms with Gasteiger partial charge in [0.1, 0.15) is 6.61 Å². The summed E-state index contributed by atoms with van der Waals surface area (Å²) in [5.41, 5.74) is 1.96. The first-order chi connectivity index (χ1) is 12.7. The zero-order chi connectivity index (χ0) is 17.9. The number of ether oxygens (including phenoxy) is 2. The zero-order valence-corrected chi connectivity index (χ0v) is 14.9. The summed E-state index contributed by atoms with van der Waals surface area (Å²) in [5.74, 6) is 1.08. The molecule has 136 valence electrons. The van der Waals surface area contributed by atoms with E-state index in [1.54, 1.807) is 11.0 Å². The van der Waals surface area contributed by atoms with Crippen molar-refractivity contribution in [1.82, 2.24) is 0 Å². The normalized spacial score (nSPS) is 19.9. The standard InChI is InChI=1S/C20H23N3O3/c1-22-10-12-23(13-11-22)16-8-6-15(7-9-16)21-20(24)19-14-25-17-4-2-3-5-18(17)26-19/h2-9,19H,10-14H2,1H3,(H,21,24)/p+1/t19-/m1/s1. The minimum absolute atomic E-state index is 0.199. The van der Waals surface area contributed by atoms with Crippen LogP contribution in [0.25, 0.3) is 0 Å². The minimum atomic E-state index is -0.648. The summed E-state index contributed by atoms with van der Waals surface area (Å²) in [4.78, 5) is 16.4. The van der Waals surface area contributed by atoms with Crippen molar-refractivity contribution >= 4 is 17.3 Å². The van der Waals surface area contributed by atoms with Crippen LogP contribution >= 0.6 is 0 Å². The lowest BCUT2D eigenvalue weighted by molar-refractivity contribution is -0.880. The van der Waals surface area contributed by atoms with Gasteiger partial charge in [0.15, 0.2) is 11.5 Å². The van der Waals surface area contributed by atoms with Gasteiger partial charge >= 0.3 is 0 Å². The van der Waals surface area contributed by atoms with Crippen LogP contribution in [0.15, 0.2) is 48.5 Å². The SMILES string of the molecule is C[NH+]1CCN(c2ccc(NC(=O)[C@H]3COc4ccccc4O3)cc2)CC1. The number of hydrogen-bond donors (Lipinski definition) is 2. The number of anilines is 2. The predicted octanol–water partition coefficient (Wildman–Crippen LogP) is 0.800. The second kappa shape index (κ2) is 7.25. The van der Waals surface area contributed by atoms with Crippen LogP contribution < -0.4 is 24.6 Å². The highest BCUT2D eigenvalue weighted by Crippen LogP contribution is 2.31. The molecule has 2 aromatic carbocycles. The minimum Gasteiger partial charge on any atom is -0.485 e. The van der Waals surface area contributed by atoms with Crippen molar-refractivity contribution in [2.45, 2.75) is 6.10 Å². The van der Waals surface area contributed by atoms with Gasteiger partial charge in [-0.1, -0.05) is 12.1 Å². The number of hydrogen-bond acceptors (Lipinski definition) is 4. The Bertz CT molecular complexity index is 770. The van der Waals surface area contributed by atoms with Gasteiger partial charge in [0.2, 0.25) is 6.10 Å². The number of likely N-dealkylation sites (N-methyl/N-ethyl adjacent to an activating group) is 1. The van der Waals surface area contributed by atoms with E-state index in [2.05, 4.69) is 29.4 Å². The van der Waals surface area contributed by atoms with Gasteiger partial charge in [0.05, 0.1) is 33.2 Å². The number of carbonyl (C=O) groups is 1. The molecule has 2 aliphatic heterocycles. The number of amides is 1. The Morgan fingerprint density at radius 1 is 1.08 bits per heavy atom. The number of quaternary nitrogens is 1. The summed E-state index contributed by atoms with van der Waals surface area (Å²) in [7, 11) is 2.23. The van der Waals surface area contributed by atoms with Gasteiger partial charge in [-0.2, -0.15) is 0 Å². The third-order valence-corrected chi connectivity index (χ3v) is 4.92. The summed E-state index contributed by atoms with van der Waals surface area (Å²) < 4.78 is 11.4. The van der Waals surface area contributed by atoms with E-state index in [9.17, 15) is 4.79 Å². The molecule has 0 aliphatic carbocycles. The Morgan fingerprint density at radius 2 is 1.77 bits per heavy atom. The largest absolute Gasteiger partial charge is 0.485 e. The molecule has 0 aromatic heterocycles. The van der Waals surface area contributed by atoms with Crippen molar-refractivity contribution in [2.24, 2.45) is 0 Å². The molecule has 0 saturated carbocycles. The number of nitrogens with one attached hydrogen (secondary N) is 2.